The number of likely N-dealkylation sites (tertiary alicyclic amines) is 1. The number of likely N-dealkylation sites (N-methyl/N-ethyl adjacent to an activating group) is 1. The summed E-state index contributed by atoms with van der Waals surface area (Å²) < 4.78 is 6.60. The van der Waals surface area contributed by atoms with Crippen molar-refractivity contribution >= 4 is 39.6 Å². The molecule has 0 aliphatic carbocycles. The van der Waals surface area contributed by atoms with Crippen molar-refractivity contribution in [2.75, 3.05) is 50.4 Å². The Labute approximate surface area is 250 Å². The molecule has 2 N–H and O–H groups in total. The van der Waals surface area contributed by atoms with Crippen LogP contribution in [0.2, 0.25) is 0 Å². The summed E-state index contributed by atoms with van der Waals surface area (Å²) >= 11 is 3.32. The second kappa shape index (κ2) is 16.1. The van der Waals surface area contributed by atoms with Crippen molar-refractivity contribution in [3.05, 3.63) is 71.5 Å². The highest BCUT2D eigenvalue weighted by Gasteiger charge is 2.23. The maximum atomic E-state index is 12.7. The smallest absolute Gasteiger partial charge is 0.411 e. The lowest BCUT2D eigenvalue weighted by Crippen LogP contribution is -2.42. The molecule has 4 rings (SSSR count). The van der Waals surface area contributed by atoms with Gasteiger partial charge < -0.3 is 19.9 Å². The number of hydrogen-bond acceptors (Lipinski definition) is 7. The standard InChI is InChI=1S/C31H39BrN6O3/c1-37(29(39)14-6-3-9-17-33-30-34-22-25(32)23-35-30)20-21-38-18-15-26(16-19-38)41-31(40)36-28-13-8-7-12-27(28)24-10-4-2-5-11-24/h2,4-5,7-8,10-13,22-23,26H,3,6,9,14-21H2,1H3,(H,36,40)(H,33,34,35). The van der Waals surface area contributed by atoms with E-state index in [4.69, 9.17) is 4.74 Å². The minimum absolute atomic E-state index is 0.112. The normalized spacial score (nSPS) is 13.9. The van der Waals surface area contributed by atoms with Gasteiger partial charge in [0, 0.05) is 64.1 Å². The van der Waals surface area contributed by atoms with Crippen molar-refractivity contribution in [2.24, 2.45) is 0 Å². The van der Waals surface area contributed by atoms with Gasteiger partial charge in [0.1, 0.15) is 6.10 Å². The quantitative estimate of drug-likeness (QED) is 0.224. The predicted octanol–water partition coefficient (Wildman–Crippen LogP) is 6.05. The number of carbonyl (C=O) groups is 2. The van der Waals surface area contributed by atoms with E-state index >= 15 is 0 Å². The number of halogens is 1. The minimum Gasteiger partial charge on any atom is -0.446 e. The Hall–Kier alpha value is -3.50. The Morgan fingerprint density at radius 3 is 2.46 bits per heavy atom. The van der Waals surface area contributed by atoms with E-state index in [1.165, 1.54) is 0 Å². The molecule has 2 aromatic carbocycles. The first-order valence-electron chi connectivity index (χ1n) is 14.3. The predicted molar refractivity (Wildman–Crippen MR) is 166 cm³/mol. The zero-order valence-electron chi connectivity index (χ0n) is 23.6. The topological polar surface area (TPSA) is 99.7 Å². The van der Waals surface area contributed by atoms with Gasteiger partial charge in [-0.25, -0.2) is 14.8 Å². The van der Waals surface area contributed by atoms with E-state index in [0.717, 1.165) is 79.6 Å². The molecule has 0 saturated carbocycles. The maximum absolute atomic E-state index is 12.7. The third kappa shape index (κ3) is 10.1. The summed E-state index contributed by atoms with van der Waals surface area (Å²) in [5.41, 5.74) is 2.74. The van der Waals surface area contributed by atoms with Crippen LogP contribution in [0.4, 0.5) is 16.4 Å². The molecule has 1 aliphatic heterocycles. The average molecular weight is 624 g/mol. The van der Waals surface area contributed by atoms with Gasteiger partial charge in [-0.05, 0) is 53.2 Å². The molecule has 0 unspecified atom stereocenters. The fourth-order valence-electron chi connectivity index (χ4n) is 4.79. The van der Waals surface area contributed by atoms with Crippen LogP contribution in [-0.2, 0) is 9.53 Å². The summed E-state index contributed by atoms with van der Waals surface area (Å²) in [7, 11) is 1.88. The van der Waals surface area contributed by atoms with Crippen molar-refractivity contribution in [1.82, 2.24) is 19.8 Å². The summed E-state index contributed by atoms with van der Waals surface area (Å²) in [6.45, 7) is 3.99. The van der Waals surface area contributed by atoms with Crippen molar-refractivity contribution < 1.29 is 14.3 Å². The molecule has 0 bridgehead atoms. The highest BCUT2D eigenvalue weighted by molar-refractivity contribution is 9.10. The molecule has 2 amide bonds. The number of amides is 2. The molecule has 0 spiro atoms. The summed E-state index contributed by atoms with van der Waals surface area (Å²) in [4.78, 5) is 37.7. The van der Waals surface area contributed by atoms with E-state index in [0.29, 0.717) is 18.9 Å². The Balaban J connectivity index is 1.07. The van der Waals surface area contributed by atoms with Gasteiger partial charge in [-0.2, -0.15) is 0 Å². The lowest BCUT2D eigenvalue weighted by molar-refractivity contribution is -0.130. The van der Waals surface area contributed by atoms with Crippen LogP contribution in [0.1, 0.15) is 38.5 Å². The third-order valence-corrected chi connectivity index (χ3v) is 7.61. The number of aromatic nitrogens is 2. The highest BCUT2D eigenvalue weighted by Crippen LogP contribution is 2.28. The summed E-state index contributed by atoms with van der Waals surface area (Å²) in [5, 5.41) is 6.12. The van der Waals surface area contributed by atoms with Gasteiger partial charge in [0.2, 0.25) is 11.9 Å². The first kappa shape index (κ1) is 30.5. The Bertz CT molecular complexity index is 1240. The van der Waals surface area contributed by atoms with Crippen molar-refractivity contribution in [3.63, 3.8) is 0 Å². The molecule has 10 heteroatoms. The number of anilines is 2. The summed E-state index contributed by atoms with van der Waals surface area (Å²) in [6.07, 6.45) is 7.83. The number of piperidine rings is 1. The van der Waals surface area contributed by atoms with Crippen LogP contribution in [-0.4, -0.2) is 77.6 Å². The molecule has 0 radical (unpaired) electrons. The second-order valence-electron chi connectivity index (χ2n) is 10.3. The lowest BCUT2D eigenvalue weighted by atomic mass is 10.0. The number of benzene rings is 2. The number of rotatable bonds is 13. The van der Waals surface area contributed by atoms with E-state index in [1.54, 1.807) is 12.4 Å². The molecular weight excluding hydrogens is 584 g/mol. The van der Waals surface area contributed by atoms with Gasteiger partial charge in [-0.1, -0.05) is 55.0 Å². The zero-order valence-corrected chi connectivity index (χ0v) is 25.2. The first-order chi connectivity index (χ1) is 20.0. The van der Waals surface area contributed by atoms with Gasteiger partial charge in [-0.3, -0.25) is 10.1 Å². The van der Waals surface area contributed by atoms with Gasteiger partial charge >= 0.3 is 6.09 Å². The van der Waals surface area contributed by atoms with Gasteiger partial charge in [0.15, 0.2) is 0 Å². The van der Waals surface area contributed by atoms with Crippen molar-refractivity contribution in [2.45, 2.75) is 44.6 Å². The second-order valence-corrected chi connectivity index (χ2v) is 11.2. The number of nitrogens with zero attached hydrogens (tertiary/aromatic N) is 4. The molecule has 1 aliphatic rings. The molecule has 9 nitrogen and oxygen atoms in total. The molecule has 1 saturated heterocycles. The van der Waals surface area contributed by atoms with E-state index in [-0.39, 0.29) is 12.0 Å². The van der Waals surface area contributed by atoms with Gasteiger partial charge in [-0.15, -0.1) is 0 Å². The minimum atomic E-state index is -0.422. The number of nitrogens with one attached hydrogen (secondary N) is 2. The van der Waals surface area contributed by atoms with Crippen LogP contribution >= 0.6 is 15.9 Å². The van der Waals surface area contributed by atoms with Crippen molar-refractivity contribution in [1.29, 1.82) is 0 Å². The number of ether oxygens (including phenoxy) is 1. The SMILES string of the molecule is CN(CCN1CCC(OC(=O)Nc2ccccc2-c2ccccc2)CC1)C(=O)CCCCCNc1ncc(Br)cn1. The van der Waals surface area contributed by atoms with Crippen LogP contribution in [0.3, 0.4) is 0 Å². The Morgan fingerprint density at radius 1 is 1.00 bits per heavy atom. The molecule has 0 atom stereocenters. The van der Waals surface area contributed by atoms with E-state index in [9.17, 15) is 9.59 Å². The number of carbonyl (C=O) groups excluding carboxylic acids is 2. The Morgan fingerprint density at radius 2 is 1.71 bits per heavy atom. The Kier molecular flexibility index (Phi) is 11.9. The molecule has 218 valence electrons. The maximum Gasteiger partial charge on any atom is 0.411 e. The molecule has 1 aromatic heterocycles. The van der Waals surface area contributed by atoms with Crippen LogP contribution in [0.25, 0.3) is 11.1 Å². The largest absolute Gasteiger partial charge is 0.446 e. The molecule has 3 aromatic rings. The summed E-state index contributed by atoms with van der Waals surface area (Å²) in [6, 6.07) is 17.7. The fourth-order valence-corrected chi connectivity index (χ4v) is 5.00. The van der Waals surface area contributed by atoms with Crippen LogP contribution in [0.15, 0.2) is 71.5 Å². The third-order valence-electron chi connectivity index (χ3n) is 7.21. The number of unbranched alkanes of at least 4 members (excludes halogenated alkanes) is 2. The molecule has 41 heavy (non-hydrogen) atoms. The fraction of sp³-hybridized carbons (Fsp3) is 0.419. The zero-order chi connectivity index (χ0) is 28.9. The van der Waals surface area contributed by atoms with Crippen LogP contribution in [0.5, 0.6) is 0 Å². The number of hydrogen-bond donors (Lipinski definition) is 2. The van der Waals surface area contributed by atoms with E-state index in [1.807, 2.05) is 66.5 Å². The van der Waals surface area contributed by atoms with E-state index < -0.39 is 6.09 Å². The van der Waals surface area contributed by atoms with Crippen LogP contribution < -0.4 is 10.6 Å². The highest BCUT2D eigenvalue weighted by atomic mass is 79.9. The van der Waals surface area contributed by atoms with Crippen LogP contribution in [0, 0.1) is 0 Å². The van der Waals surface area contributed by atoms with E-state index in [2.05, 4.69) is 41.4 Å². The molecular formula is C31H39BrN6O3. The monoisotopic (exact) mass is 622 g/mol. The molecule has 1 fully saturated rings. The summed E-state index contributed by atoms with van der Waals surface area (Å²) in [5.74, 6) is 0.798. The van der Waals surface area contributed by atoms with Gasteiger partial charge in [0.05, 0.1) is 10.2 Å². The lowest BCUT2D eigenvalue weighted by Gasteiger charge is -2.32. The van der Waals surface area contributed by atoms with Gasteiger partial charge in [0.25, 0.3) is 0 Å². The van der Waals surface area contributed by atoms with Crippen molar-refractivity contribution in [3.8, 4) is 11.1 Å². The average Bonchev–Trinajstić information content (AvgIpc) is 3.00. The first-order valence-corrected chi connectivity index (χ1v) is 15.1. The molecule has 2 heterocycles. The number of para-hydroxylation sites is 1.